The van der Waals surface area contributed by atoms with Crippen LogP contribution in [-0.4, -0.2) is 101 Å². The molecular formula is C42H64Cl2N6O10S2. The number of benzene rings is 2. The van der Waals surface area contributed by atoms with Gasteiger partial charge in [0.2, 0.25) is 20.0 Å². The average molecular weight is 948 g/mol. The second-order valence-electron chi connectivity index (χ2n) is 17.1. The Kier molecular flexibility index (Phi) is 19.2. The van der Waals surface area contributed by atoms with Crippen molar-refractivity contribution >= 4 is 68.2 Å². The van der Waals surface area contributed by atoms with Gasteiger partial charge in [-0.2, -0.15) is 8.61 Å². The van der Waals surface area contributed by atoms with Crippen molar-refractivity contribution in [2.75, 3.05) is 39.8 Å². The minimum absolute atomic E-state index is 0. The number of hydrogen-bond acceptors (Lipinski definition) is 14. The number of carbonyl (C=O) groups is 2. The van der Waals surface area contributed by atoms with Gasteiger partial charge in [-0.25, -0.2) is 16.8 Å². The Morgan fingerprint density at radius 2 is 0.952 bits per heavy atom. The van der Waals surface area contributed by atoms with Gasteiger partial charge in [0.05, 0.1) is 9.79 Å². The van der Waals surface area contributed by atoms with E-state index < -0.39 is 57.7 Å². The highest BCUT2D eigenvalue weighted by atomic mass is 35.5. The molecule has 8 atom stereocenters. The maximum Gasteiger partial charge on any atom is 0.326 e. The molecule has 3 aliphatic rings. The molecule has 348 valence electrons. The maximum atomic E-state index is 14.3. The molecule has 20 heteroatoms. The Balaban J connectivity index is 0.00000512. The van der Waals surface area contributed by atoms with Crippen LogP contribution in [0.4, 0.5) is 0 Å². The minimum Gasteiger partial charge on any atom is -0.425 e. The second-order valence-corrected chi connectivity index (χ2v) is 20.9. The molecule has 0 spiro atoms. The fourth-order valence-electron chi connectivity index (χ4n) is 8.08. The second kappa shape index (κ2) is 22.5. The molecular weight excluding hydrogens is 884 g/mol. The van der Waals surface area contributed by atoms with Gasteiger partial charge in [0.1, 0.15) is 23.5 Å². The number of sulfonamides is 2. The van der Waals surface area contributed by atoms with Crippen LogP contribution in [0, 0.1) is 35.5 Å². The van der Waals surface area contributed by atoms with Gasteiger partial charge in [-0.1, -0.05) is 90.7 Å². The SMILES string of the molecule is CCC(C)C(N)C(=O)OCON=C1c2ccc(S(=O)(=O)N3C[C@H](C)C[C@H](C)C3)cc2C(=NOCOC(=O)C(N)C(C)CC)c2cc(S(=O)(=O)N3C[C@H](C)C[C@H](C)C3)ccc21.Cl.Cl. The van der Waals surface area contributed by atoms with Crippen LogP contribution in [0.2, 0.25) is 0 Å². The summed E-state index contributed by atoms with van der Waals surface area (Å²) in [5, 5.41) is 8.75. The molecule has 2 saturated heterocycles. The normalized spacial score (nSPS) is 22.5. The third kappa shape index (κ3) is 12.0. The Hall–Kier alpha value is -3.36. The largest absolute Gasteiger partial charge is 0.425 e. The van der Waals surface area contributed by atoms with Gasteiger partial charge in [0.25, 0.3) is 13.6 Å². The van der Waals surface area contributed by atoms with Crippen LogP contribution in [0.3, 0.4) is 0 Å². The third-order valence-corrected chi connectivity index (χ3v) is 15.5. The molecule has 0 saturated carbocycles. The van der Waals surface area contributed by atoms with Gasteiger partial charge in [0.15, 0.2) is 0 Å². The first-order chi connectivity index (χ1) is 28.3. The fourth-order valence-corrected chi connectivity index (χ4v) is 11.5. The van der Waals surface area contributed by atoms with Crippen molar-refractivity contribution in [2.45, 2.75) is 103 Å². The van der Waals surface area contributed by atoms with Crippen molar-refractivity contribution in [1.29, 1.82) is 0 Å². The molecule has 5 rings (SSSR count). The summed E-state index contributed by atoms with van der Waals surface area (Å²) in [5.41, 5.74) is 13.5. The Labute approximate surface area is 379 Å². The summed E-state index contributed by atoms with van der Waals surface area (Å²) in [4.78, 5) is 36.4. The van der Waals surface area contributed by atoms with Crippen LogP contribution in [0.1, 0.15) is 103 Å². The molecule has 2 aliphatic heterocycles. The van der Waals surface area contributed by atoms with Crippen LogP contribution >= 0.6 is 24.8 Å². The summed E-state index contributed by atoms with van der Waals surface area (Å²) in [5.74, 6) is -1.07. The zero-order valence-electron chi connectivity index (χ0n) is 36.8. The number of nitrogens with zero attached hydrogens (tertiary/aromatic N) is 4. The van der Waals surface area contributed by atoms with E-state index in [0.29, 0.717) is 50.1 Å². The topological polar surface area (TPSA) is 223 Å². The molecule has 2 aromatic rings. The van der Waals surface area contributed by atoms with E-state index in [2.05, 4.69) is 10.3 Å². The van der Waals surface area contributed by atoms with Crippen molar-refractivity contribution in [3.8, 4) is 0 Å². The molecule has 2 heterocycles. The molecule has 0 amide bonds. The summed E-state index contributed by atoms with van der Waals surface area (Å²) in [6.45, 7) is 15.7. The van der Waals surface area contributed by atoms with Gasteiger partial charge in [-0.05, 0) is 72.6 Å². The highest BCUT2D eigenvalue weighted by Gasteiger charge is 2.37. The molecule has 62 heavy (non-hydrogen) atoms. The fraction of sp³-hybridized carbons (Fsp3) is 0.619. The molecule has 16 nitrogen and oxygen atoms in total. The van der Waals surface area contributed by atoms with Crippen LogP contribution in [-0.2, 0) is 48.8 Å². The first-order valence-electron chi connectivity index (χ1n) is 20.8. The first-order valence-corrected chi connectivity index (χ1v) is 23.7. The lowest BCUT2D eigenvalue weighted by molar-refractivity contribution is -0.160. The van der Waals surface area contributed by atoms with Crippen molar-refractivity contribution in [3.05, 3.63) is 58.7 Å². The number of rotatable bonds is 16. The Bertz CT molecular complexity index is 2050. The third-order valence-electron chi connectivity index (χ3n) is 11.8. The number of piperidine rings is 2. The average Bonchev–Trinajstić information content (AvgIpc) is 3.21. The van der Waals surface area contributed by atoms with E-state index in [-0.39, 0.29) is 92.7 Å². The minimum atomic E-state index is -4.03. The number of fused-ring (bicyclic) bond motifs is 2. The van der Waals surface area contributed by atoms with Crippen LogP contribution in [0.5, 0.6) is 0 Å². The quantitative estimate of drug-likeness (QED) is 0.0791. The highest BCUT2D eigenvalue weighted by molar-refractivity contribution is 7.89. The molecule has 0 radical (unpaired) electrons. The van der Waals surface area contributed by atoms with E-state index in [4.69, 9.17) is 30.6 Å². The molecule has 2 fully saturated rings. The van der Waals surface area contributed by atoms with E-state index in [1.165, 1.54) is 32.9 Å². The van der Waals surface area contributed by atoms with Gasteiger partial charge < -0.3 is 30.6 Å². The lowest BCUT2D eigenvalue weighted by Crippen LogP contribution is -2.42. The molecule has 0 bridgehead atoms. The number of carbonyl (C=O) groups excluding carboxylic acids is 2. The number of halogens is 2. The Morgan fingerprint density at radius 1 is 0.629 bits per heavy atom. The monoisotopic (exact) mass is 946 g/mol. The number of oxime groups is 2. The molecule has 4 N–H and O–H groups in total. The first kappa shape index (κ1) is 53.0. The van der Waals surface area contributed by atoms with Crippen LogP contribution in [0.15, 0.2) is 56.5 Å². The predicted molar refractivity (Wildman–Crippen MR) is 241 cm³/mol. The summed E-state index contributed by atoms with van der Waals surface area (Å²) < 4.78 is 70.6. The van der Waals surface area contributed by atoms with Crippen LogP contribution < -0.4 is 11.5 Å². The summed E-state index contributed by atoms with van der Waals surface area (Å²) in [7, 11) is -8.06. The maximum absolute atomic E-state index is 14.3. The standard InChI is InChI=1S/C42H62N6O10S2.2ClH/c1-9-29(7)37(43)41(49)55-23-57-45-39-33-13-11-31(59(51,52)47-19-25(3)15-26(4)20-47)17-35(33)40(46-58-24-56-42(50)38(44)30(8)10-2)36-18-32(12-14-34(36)39)60(53,54)48-21-27(5)16-28(6)22-48;;/h11-14,17-18,25-30,37-38H,9-10,15-16,19-24,43-44H2,1-8H3;2*1H/t25-,26+,27-,28+,29?,30?,37?,38?;;. The van der Waals surface area contributed by atoms with Crippen LogP contribution in [0.25, 0.3) is 0 Å². The van der Waals surface area contributed by atoms with Gasteiger partial charge in [0, 0.05) is 48.4 Å². The molecule has 0 aromatic heterocycles. The summed E-state index contributed by atoms with van der Waals surface area (Å²) >= 11 is 0. The summed E-state index contributed by atoms with van der Waals surface area (Å²) in [6, 6.07) is 7.19. The molecule has 2 aromatic carbocycles. The van der Waals surface area contributed by atoms with Crippen molar-refractivity contribution in [1.82, 2.24) is 8.61 Å². The zero-order valence-corrected chi connectivity index (χ0v) is 40.1. The lowest BCUT2D eigenvalue weighted by Gasteiger charge is -2.34. The van der Waals surface area contributed by atoms with E-state index >= 15 is 0 Å². The van der Waals surface area contributed by atoms with E-state index in [9.17, 15) is 26.4 Å². The van der Waals surface area contributed by atoms with Crippen molar-refractivity contribution in [2.24, 2.45) is 57.3 Å². The zero-order chi connectivity index (χ0) is 44.1. The van der Waals surface area contributed by atoms with E-state index in [0.717, 1.165) is 12.8 Å². The van der Waals surface area contributed by atoms with Gasteiger partial charge in [-0.3, -0.25) is 9.59 Å². The van der Waals surface area contributed by atoms with E-state index in [1.54, 1.807) is 12.1 Å². The number of hydrogen-bond donors (Lipinski definition) is 2. The molecule has 4 unspecified atom stereocenters. The van der Waals surface area contributed by atoms with Crippen molar-refractivity contribution < 1.29 is 45.6 Å². The van der Waals surface area contributed by atoms with Gasteiger partial charge >= 0.3 is 11.9 Å². The predicted octanol–water partition coefficient (Wildman–Crippen LogP) is 5.46. The van der Waals surface area contributed by atoms with Gasteiger partial charge in [-0.15, -0.1) is 24.8 Å². The lowest BCUT2D eigenvalue weighted by atomic mass is 9.83. The molecule has 1 aliphatic carbocycles. The number of nitrogens with two attached hydrogens (primary N) is 2. The highest BCUT2D eigenvalue weighted by Crippen LogP contribution is 2.35. The smallest absolute Gasteiger partial charge is 0.326 e. The Morgan fingerprint density at radius 3 is 1.27 bits per heavy atom. The number of ether oxygens (including phenoxy) is 2. The van der Waals surface area contributed by atoms with Crippen molar-refractivity contribution in [3.63, 3.8) is 0 Å². The van der Waals surface area contributed by atoms with E-state index in [1.807, 2.05) is 55.4 Å². The summed E-state index contributed by atoms with van der Waals surface area (Å²) in [6.07, 6.45) is 3.10. The number of esters is 2.